The summed E-state index contributed by atoms with van der Waals surface area (Å²) in [5, 5.41) is 16.8. The molecule has 20 heavy (non-hydrogen) atoms. The highest BCUT2D eigenvalue weighted by Gasteiger charge is 2.11. The van der Waals surface area contributed by atoms with Gasteiger partial charge in [-0.2, -0.15) is 0 Å². The van der Waals surface area contributed by atoms with Gasteiger partial charge in [-0.15, -0.1) is 0 Å². The predicted molar refractivity (Wildman–Crippen MR) is 79.6 cm³/mol. The molecular formula is C14H16N4O2. The van der Waals surface area contributed by atoms with Gasteiger partial charge in [-0.05, 0) is 37.1 Å². The van der Waals surface area contributed by atoms with E-state index in [2.05, 4.69) is 21.7 Å². The Bertz CT molecular complexity index is 635. The lowest BCUT2D eigenvalue weighted by Gasteiger charge is -2.09. The number of anilines is 3. The van der Waals surface area contributed by atoms with Crippen LogP contribution in [0.15, 0.2) is 30.3 Å². The van der Waals surface area contributed by atoms with Gasteiger partial charge in [0.05, 0.1) is 17.1 Å². The average molecular weight is 272 g/mol. The van der Waals surface area contributed by atoms with E-state index >= 15 is 0 Å². The summed E-state index contributed by atoms with van der Waals surface area (Å²) in [5.74, 6) is 0.889. The minimum atomic E-state index is -0.435. The molecule has 0 atom stereocenters. The van der Waals surface area contributed by atoms with Crippen LogP contribution >= 0.6 is 0 Å². The first-order valence-corrected chi connectivity index (χ1v) is 6.17. The Labute approximate surface area is 117 Å². The lowest BCUT2D eigenvalue weighted by molar-refractivity contribution is -0.384. The minimum absolute atomic E-state index is 0.00350. The van der Waals surface area contributed by atoms with E-state index in [0.717, 1.165) is 16.8 Å². The Morgan fingerprint density at radius 2 is 1.65 bits per heavy atom. The van der Waals surface area contributed by atoms with Gasteiger partial charge in [0, 0.05) is 12.7 Å². The van der Waals surface area contributed by atoms with Crippen molar-refractivity contribution in [3.8, 4) is 0 Å². The smallest absolute Gasteiger partial charge is 0.276 e. The molecule has 104 valence electrons. The van der Waals surface area contributed by atoms with E-state index < -0.39 is 4.92 Å². The van der Waals surface area contributed by atoms with Crippen molar-refractivity contribution in [1.29, 1.82) is 0 Å². The summed E-state index contributed by atoms with van der Waals surface area (Å²) in [7, 11) is 1.67. The van der Waals surface area contributed by atoms with Crippen LogP contribution in [0.4, 0.5) is 23.0 Å². The predicted octanol–water partition coefficient (Wildman–Crippen LogP) is 3.39. The van der Waals surface area contributed by atoms with Gasteiger partial charge in [-0.3, -0.25) is 10.1 Å². The normalized spacial score (nSPS) is 10.2. The molecule has 0 aliphatic rings. The third-order valence-electron chi connectivity index (χ3n) is 2.77. The summed E-state index contributed by atoms with van der Waals surface area (Å²) in [6.45, 7) is 4.00. The van der Waals surface area contributed by atoms with Crippen molar-refractivity contribution < 1.29 is 4.92 Å². The zero-order valence-electron chi connectivity index (χ0n) is 11.6. The lowest BCUT2D eigenvalue weighted by Crippen LogP contribution is -2.00. The Hall–Kier alpha value is -2.63. The Morgan fingerprint density at radius 3 is 2.20 bits per heavy atom. The second-order valence-corrected chi connectivity index (χ2v) is 4.60. The van der Waals surface area contributed by atoms with Gasteiger partial charge in [0.15, 0.2) is 0 Å². The van der Waals surface area contributed by atoms with Crippen LogP contribution in [-0.4, -0.2) is 17.0 Å². The molecule has 0 saturated heterocycles. The number of hydrogen-bond acceptors (Lipinski definition) is 5. The first-order valence-electron chi connectivity index (χ1n) is 6.17. The molecule has 6 nitrogen and oxygen atoms in total. The number of nitrogens with one attached hydrogen (secondary N) is 2. The molecule has 0 unspecified atom stereocenters. The summed E-state index contributed by atoms with van der Waals surface area (Å²) in [5.41, 5.74) is 3.09. The Morgan fingerprint density at radius 1 is 1.05 bits per heavy atom. The quantitative estimate of drug-likeness (QED) is 0.658. The summed E-state index contributed by atoms with van der Waals surface area (Å²) >= 11 is 0. The van der Waals surface area contributed by atoms with Gasteiger partial charge < -0.3 is 10.6 Å². The van der Waals surface area contributed by atoms with Crippen LogP contribution in [0, 0.1) is 24.0 Å². The van der Waals surface area contributed by atoms with E-state index in [4.69, 9.17) is 0 Å². The number of benzene rings is 1. The van der Waals surface area contributed by atoms with Crippen molar-refractivity contribution in [2.75, 3.05) is 17.7 Å². The Balaban J connectivity index is 2.37. The zero-order chi connectivity index (χ0) is 14.7. The van der Waals surface area contributed by atoms with Gasteiger partial charge in [-0.25, -0.2) is 4.98 Å². The van der Waals surface area contributed by atoms with Gasteiger partial charge in [-0.1, -0.05) is 6.07 Å². The number of aryl methyl sites for hydroxylation is 2. The molecule has 0 amide bonds. The molecule has 0 radical (unpaired) electrons. The average Bonchev–Trinajstić information content (AvgIpc) is 2.36. The number of nitro groups is 1. The highest BCUT2D eigenvalue weighted by atomic mass is 16.6. The van der Waals surface area contributed by atoms with Gasteiger partial charge in [0.2, 0.25) is 0 Å². The van der Waals surface area contributed by atoms with Crippen LogP contribution in [0.3, 0.4) is 0 Å². The molecule has 0 saturated carbocycles. The van der Waals surface area contributed by atoms with Crippen LogP contribution in [-0.2, 0) is 0 Å². The summed E-state index contributed by atoms with van der Waals surface area (Å²) in [6, 6.07) is 8.80. The third-order valence-corrected chi connectivity index (χ3v) is 2.77. The van der Waals surface area contributed by atoms with Crippen molar-refractivity contribution in [2.45, 2.75) is 13.8 Å². The maximum Gasteiger partial charge on any atom is 0.276 e. The molecule has 2 rings (SSSR count). The molecule has 1 heterocycles. The fourth-order valence-corrected chi connectivity index (χ4v) is 2.01. The van der Waals surface area contributed by atoms with Crippen LogP contribution in [0.2, 0.25) is 0 Å². The van der Waals surface area contributed by atoms with E-state index in [1.165, 1.54) is 12.1 Å². The van der Waals surface area contributed by atoms with Gasteiger partial charge >= 0.3 is 0 Å². The number of rotatable bonds is 4. The molecule has 0 aliphatic carbocycles. The largest absolute Gasteiger partial charge is 0.373 e. The highest BCUT2D eigenvalue weighted by Crippen LogP contribution is 2.24. The SMILES string of the molecule is CNc1cc([N+](=O)[O-])cc(Nc2cc(C)cc(C)c2)n1. The molecule has 0 spiro atoms. The van der Waals surface area contributed by atoms with Gasteiger partial charge in [0.1, 0.15) is 11.6 Å². The summed E-state index contributed by atoms with van der Waals surface area (Å²) in [4.78, 5) is 14.7. The van der Waals surface area contributed by atoms with E-state index in [-0.39, 0.29) is 5.69 Å². The number of pyridine rings is 1. The molecular weight excluding hydrogens is 256 g/mol. The van der Waals surface area contributed by atoms with Crippen molar-refractivity contribution in [1.82, 2.24) is 4.98 Å². The van der Waals surface area contributed by atoms with Crippen molar-refractivity contribution in [3.05, 3.63) is 51.6 Å². The molecule has 0 fully saturated rings. The lowest BCUT2D eigenvalue weighted by atomic mass is 10.1. The number of nitrogens with zero attached hydrogens (tertiary/aromatic N) is 2. The van der Waals surface area contributed by atoms with E-state index in [1.807, 2.05) is 26.0 Å². The van der Waals surface area contributed by atoms with E-state index in [0.29, 0.717) is 11.6 Å². The zero-order valence-corrected chi connectivity index (χ0v) is 11.6. The molecule has 2 aromatic rings. The van der Waals surface area contributed by atoms with Crippen LogP contribution in [0.25, 0.3) is 0 Å². The molecule has 6 heteroatoms. The van der Waals surface area contributed by atoms with Crippen LogP contribution < -0.4 is 10.6 Å². The second-order valence-electron chi connectivity index (χ2n) is 4.60. The molecule has 1 aromatic heterocycles. The first kappa shape index (κ1) is 13.8. The molecule has 1 aromatic carbocycles. The monoisotopic (exact) mass is 272 g/mol. The van der Waals surface area contributed by atoms with Crippen LogP contribution in [0.5, 0.6) is 0 Å². The number of aromatic nitrogens is 1. The maximum absolute atomic E-state index is 10.9. The third kappa shape index (κ3) is 3.23. The fraction of sp³-hybridized carbons (Fsp3) is 0.214. The van der Waals surface area contributed by atoms with E-state index in [1.54, 1.807) is 7.05 Å². The molecule has 0 aliphatic heterocycles. The standard InChI is InChI=1S/C14H16N4O2/c1-9-4-10(2)6-11(5-9)16-14-8-12(18(19)20)7-13(15-3)17-14/h4-8H,1-3H3,(H2,15,16,17). The summed E-state index contributed by atoms with van der Waals surface area (Å²) < 4.78 is 0. The minimum Gasteiger partial charge on any atom is -0.373 e. The van der Waals surface area contributed by atoms with Crippen LogP contribution in [0.1, 0.15) is 11.1 Å². The highest BCUT2D eigenvalue weighted by molar-refractivity contribution is 5.63. The maximum atomic E-state index is 10.9. The fourth-order valence-electron chi connectivity index (χ4n) is 2.01. The number of hydrogen-bond donors (Lipinski definition) is 2. The van der Waals surface area contributed by atoms with Crippen molar-refractivity contribution in [2.24, 2.45) is 0 Å². The van der Waals surface area contributed by atoms with E-state index in [9.17, 15) is 10.1 Å². The summed E-state index contributed by atoms with van der Waals surface area (Å²) in [6.07, 6.45) is 0. The Kier molecular flexibility index (Phi) is 3.84. The second kappa shape index (κ2) is 5.56. The van der Waals surface area contributed by atoms with Crippen molar-refractivity contribution >= 4 is 23.0 Å². The first-order chi connectivity index (χ1) is 9.47. The molecule has 0 bridgehead atoms. The topological polar surface area (TPSA) is 80.1 Å². The van der Waals surface area contributed by atoms with Gasteiger partial charge in [0.25, 0.3) is 5.69 Å². The molecule has 2 N–H and O–H groups in total. The van der Waals surface area contributed by atoms with Crippen molar-refractivity contribution in [3.63, 3.8) is 0 Å².